The van der Waals surface area contributed by atoms with Crippen molar-refractivity contribution < 1.29 is 18.3 Å². The molecule has 0 saturated carbocycles. The molecule has 134 valence electrons. The van der Waals surface area contributed by atoms with Crippen molar-refractivity contribution in [2.75, 3.05) is 20.2 Å². The van der Waals surface area contributed by atoms with Crippen LogP contribution in [0.25, 0.3) is 11.1 Å². The summed E-state index contributed by atoms with van der Waals surface area (Å²) in [4.78, 5) is 14.3. The Hall–Kier alpha value is -2.94. The van der Waals surface area contributed by atoms with Gasteiger partial charge in [0.15, 0.2) is 17.4 Å². The Morgan fingerprint density at radius 2 is 1.85 bits per heavy atom. The van der Waals surface area contributed by atoms with Crippen molar-refractivity contribution in [3.8, 4) is 22.9 Å². The van der Waals surface area contributed by atoms with Crippen molar-refractivity contribution in [1.29, 1.82) is 5.26 Å². The minimum atomic E-state index is -0.779. The van der Waals surface area contributed by atoms with Crippen molar-refractivity contribution >= 4 is 5.91 Å². The molecule has 0 aliphatic carbocycles. The highest BCUT2D eigenvalue weighted by Crippen LogP contribution is 2.29. The first-order valence-electron chi connectivity index (χ1n) is 8.36. The lowest BCUT2D eigenvalue weighted by Crippen LogP contribution is -2.39. The number of nitriles is 1. The van der Waals surface area contributed by atoms with E-state index in [1.54, 1.807) is 29.2 Å². The van der Waals surface area contributed by atoms with Gasteiger partial charge in [0.1, 0.15) is 0 Å². The third kappa shape index (κ3) is 3.52. The Labute approximate surface area is 150 Å². The minimum absolute atomic E-state index is 0.128. The van der Waals surface area contributed by atoms with Gasteiger partial charge in [0.05, 0.1) is 19.1 Å². The summed E-state index contributed by atoms with van der Waals surface area (Å²) in [5.74, 6) is -2.24. The lowest BCUT2D eigenvalue weighted by atomic mass is 9.98. The van der Waals surface area contributed by atoms with Gasteiger partial charge in [-0.2, -0.15) is 5.26 Å². The van der Waals surface area contributed by atoms with Gasteiger partial charge in [-0.1, -0.05) is 12.1 Å². The van der Waals surface area contributed by atoms with E-state index in [1.165, 1.54) is 19.2 Å². The van der Waals surface area contributed by atoms with Gasteiger partial charge in [-0.15, -0.1) is 0 Å². The maximum Gasteiger partial charge on any atom is 0.253 e. The molecule has 0 aromatic heterocycles. The Morgan fingerprint density at radius 1 is 1.19 bits per heavy atom. The smallest absolute Gasteiger partial charge is 0.253 e. The summed E-state index contributed by atoms with van der Waals surface area (Å²) in [5, 5.41) is 9.05. The number of ether oxygens (including phenoxy) is 1. The molecule has 26 heavy (non-hydrogen) atoms. The first kappa shape index (κ1) is 17.9. The van der Waals surface area contributed by atoms with Gasteiger partial charge < -0.3 is 9.64 Å². The summed E-state index contributed by atoms with van der Waals surface area (Å²) in [5.41, 5.74) is 1.44. The van der Waals surface area contributed by atoms with Gasteiger partial charge in [-0.25, -0.2) is 8.78 Å². The molecule has 0 spiro atoms. The highest BCUT2D eigenvalue weighted by molar-refractivity contribution is 5.94. The van der Waals surface area contributed by atoms with Crippen LogP contribution in [-0.2, 0) is 0 Å². The second kappa shape index (κ2) is 7.52. The minimum Gasteiger partial charge on any atom is -0.491 e. The third-order valence-corrected chi connectivity index (χ3v) is 4.56. The average Bonchev–Trinajstić information content (AvgIpc) is 2.67. The van der Waals surface area contributed by atoms with Crippen molar-refractivity contribution in [1.82, 2.24) is 4.90 Å². The monoisotopic (exact) mass is 356 g/mol. The predicted molar refractivity (Wildman–Crippen MR) is 92.6 cm³/mol. The van der Waals surface area contributed by atoms with Crippen molar-refractivity contribution in [3.63, 3.8) is 0 Å². The molecule has 0 bridgehead atoms. The SMILES string of the molecule is COc1c(F)cc(-c2ccc(C(=O)N3CCC[C@H](C#N)C3)cc2)cc1F. The van der Waals surface area contributed by atoms with E-state index in [1.807, 2.05) is 0 Å². The fraction of sp³-hybridized carbons (Fsp3) is 0.300. The zero-order chi connectivity index (χ0) is 18.7. The van der Waals surface area contributed by atoms with Crippen molar-refractivity contribution in [2.45, 2.75) is 12.8 Å². The molecule has 1 aliphatic heterocycles. The molecule has 1 fully saturated rings. The number of benzene rings is 2. The second-order valence-electron chi connectivity index (χ2n) is 6.27. The summed E-state index contributed by atoms with van der Waals surface area (Å²) in [6.45, 7) is 1.07. The van der Waals surface area contributed by atoms with Crippen LogP contribution in [0.1, 0.15) is 23.2 Å². The molecule has 1 amide bonds. The van der Waals surface area contributed by atoms with Crippen LogP contribution in [0.4, 0.5) is 8.78 Å². The fourth-order valence-electron chi connectivity index (χ4n) is 3.18. The number of rotatable bonds is 3. The summed E-state index contributed by atoms with van der Waals surface area (Å²) in [6.07, 6.45) is 1.63. The molecule has 0 N–H and O–H groups in total. The first-order chi connectivity index (χ1) is 12.5. The molecule has 2 aromatic rings. The van der Waals surface area contributed by atoms with E-state index in [0.29, 0.717) is 29.8 Å². The molecule has 6 heteroatoms. The van der Waals surface area contributed by atoms with Crippen molar-refractivity contribution in [2.24, 2.45) is 5.92 Å². The zero-order valence-electron chi connectivity index (χ0n) is 14.3. The molecule has 1 aliphatic rings. The summed E-state index contributed by atoms with van der Waals surface area (Å²) < 4.78 is 32.4. The number of likely N-dealkylation sites (tertiary alicyclic amines) is 1. The number of methoxy groups -OCH3 is 1. The van der Waals surface area contributed by atoms with Gasteiger partial charge >= 0.3 is 0 Å². The number of halogens is 2. The van der Waals surface area contributed by atoms with Crippen molar-refractivity contribution in [3.05, 3.63) is 53.6 Å². The first-order valence-corrected chi connectivity index (χ1v) is 8.36. The topological polar surface area (TPSA) is 53.3 Å². The highest BCUT2D eigenvalue weighted by atomic mass is 19.1. The highest BCUT2D eigenvalue weighted by Gasteiger charge is 2.24. The second-order valence-corrected chi connectivity index (χ2v) is 6.27. The molecular formula is C20H18F2N2O2. The molecular weight excluding hydrogens is 338 g/mol. The molecule has 3 rings (SSSR count). The van der Waals surface area contributed by atoms with E-state index in [9.17, 15) is 13.6 Å². The number of carbonyl (C=O) groups is 1. The van der Waals surface area contributed by atoms with Gasteiger partial charge in [-0.05, 0) is 48.2 Å². The zero-order valence-corrected chi connectivity index (χ0v) is 14.3. The molecule has 1 saturated heterocycles. The molecule has 1 atom stereocenters. The maximum atomic E-state index is 13.9. The Kier molecular flexibility index (Phi) is 5.17. The Morgan fingerprint density at radius 3 is 2.42 bits per heavy atom. The summed E-state index contributed by atoms with van der Waals surface area (Å²) in [6, 6.07) is 11.2. The predicted octanol–water partition coefficient (Wildman–Crippen LogP) is 4.02. The molecule has 1 heterocycles. The maximum absolute atomic E-state index is 13.9. The van der Waals surface area contributed by atoms with Crippen LogP contribution < -0.4 is 4.74 Å². The summed E-state index contributed by atoms with van der Waals surface area (Å²) >= 11 is 0. The van der Waals surface area contributed by atoms with E-state index in [-0.39, 0.29) is 11.8 Å². The molecule has 0 unspecified atom stereocenters. The molecule has 0 radical (unpaired) electrons. The third-order valence-electron chi connectivity index (χ3n) is 4.56. The molecule has 2 aromatic carbocycles. The number of nitrogens with zero attached hydrogens (tertiary/aromatic N) is 2. The fourth-order valence-corrected chi connectivity index (χ4v) is 3.18. The van der Waals surface area contributed by atoms with Gasteiger partial charge in [-0.3, -0.25) is 4.79 Å². The quantitative estimate of drug-likeness (QED) is 0.835. The standard InChI is InChI=1S/C20H18F2N2O2/c1-26-19-17(21)9-16(10-18(19)22)14-4-6-15(7-5-14)20(25)24-8-2-3-13(11-23)12-24/h4-7,9-10,13H,2-3,8,12H2,1H3/t13-/m1/s1. The lowest BCUT2D eigenvalue weighted by molar-refractivity contribution is 0.0699. The molecule has 4 nitrogen and oxygen atoms in total. The number of carbonyl (C=O) groups excluding carboxylic acids is 1. The Bertz CT molecular complexity index is 836. The van der Waals surface area contributed by atoms with Crippen LogP contribution in [-0.4, -0.2) is 31.0 Å². The normalized spacial score (nSPS) is 16.8. The van der Waals surface area contributed by atoms with E-state index in [0.717, 1.165) is 12.8 Å². The van der Waals surface area contributed by atoms with E-state index >= 15 is 0 Å². The van der Waals surface area contributed by atoms with Crippen LogP contribution in [0, 0.1) is 28.9 Å². The average molecular weight is 356 g/mol. The number of piperidine rings is 1. The van der Waals surface area contributed by atoms with E-state index in [4.69, 9.17) is 5.26 Å². The Balaban J connectivity index is 1.81. The summed E-state index contributed by atoms with van der Waals surface area (Å²) in [7, 11) is 1.21. The van der Waals surface area contributed by atoms with Crippen LogP contribution in [0.2, 0.25) is 0 Å². The van der Waals surface area contributed by atoms with E-state index in [2.05, 4.69) is 10.8 Å². The van der Waals surface area contributed by atoms with Gasteiger partial charge in [0.2, 0.25) is 0 Å². The van der Waals surface area contributed by atoms with Crippen LogP contribution in [0.15, 0.2) is 36.4 Å². The lowest BCUT2D eigenvalue weighted by Gasteiger charge is -2.29. The van der Waals surface area contributed by atoms with E-state index < -0.39 is 17.4 Å². The largest absolute Gasteiger partial charge is 0.491 e. The van der Waals surface area contributed by atoms with Crippen LogP contribution in [0.3, 0.4) is 0 Å². The number of hydrogen-bond donors (Lipinski definition) is 0. The van der Waals surface area contributed by atoms with Crippen LogP contribution >= 0.6 is 0 Å². The van der Waals surface area contributed by atoms with Gasteiger partial charge in [0.25, 0.3) is 5.91 Å². The van der Waals surface area contributed by atoms with Crippen LogP contribution in [0.5, 0.6) is 5.75 Å². The van der Waals surface area contributed by atoms with Gasteiger partial charge in [0, 0.05) is 18.7 Å². The number of hydrogen-bond acceptors (Lipinski definition) is 3. The number of amides is 1.